The van der Waals surface area contributed by atoms with Gasteiger partial charge in [-0.3, -0.25) is 4.79 Å². The van der Waals surface area contributed by atoms with Crippen LogP contribution in [0.1, 0.15) is 38.4 Å². The number of para-hydroxylation sites is 1. The summed E-state index contributed by atoms with van der Waals surface area (Å²) in [4.78, 5) is 10.7. The molecule has 3 aromatic rings. The predicted molar refractivity (Wildman–Crippen MR) is 121 cm³/mol. The number of aliphatic hydroxyl groups is 2. The third-order valence-electron chi connectivity index (χ3n) is 5.00. The smallest absolute Gasteiger partial charge is 0.481 e. The van der Waals surface area contributed by atoms with E-state index in [9.17, 15) is 19.4 Å². The van der Waals surface area contributed by atoms with Crippen LogP contribution < -0.4 is 0 Å². The fraction of sp³-hybridized carbons (Fsp3) is 0.292. The van der Waals surface area contributed by atoms with Gasteiger partial charge in [0.05, 0.1) is 18.6 Å². The number of fused-ring (bicyclic) bond motifs is 1. The summed E-state index contributed by atoms with van der Waals surface area (Å²) in [5.74, 6) is -1.43. The maximum Gasteiger partial charge on any atom is 2.00 e. The predicted octanol–water partition coefficient (Wildman–Crippen LogP) is 4.25. The van der Waals surface area contributed by atoms with Gasteiger partial charge in [0, 0.05) is 34.6 Å². The van der Waals surface area contributed by atoms with Crippen LogP contribution in [0.15, 0.2) is 54.6 Å². The van der Waals surface area contributed by atoms with Crippen molar-refractivity contribution in [3.63, 3.8) is 0 Å². The van der Waals surface area contributed by atoms with E-state index in [2.05, 4.69) is 18.4 Å². The number of benzene rings is 2. The maximum absolute atomic E-state index is 13.5. The van der Waals surface area contributed by atoms with Crippen molar-refractivity contribution in [3.8, 4) is 11.1 Å². The van der Waals surface area contributed by atoms with Crippen LogP contribution in [0.25, 0.3) is 28.1 Å². The molecule has 0 saturated heterocycles. The number of aliphatic hydroxyl groups excluding tert-OH is 2. The molecule has 31 heavy (non-hydrogen) atoms. The standard InChI is InChI=1S/C24H26FNO4.Sr/c1-15(2)26-21-6-4-3-5-20(21)24(16-7-9-17(25)10-8-16)22(26)12-11-18(27)13-19(28)14-23(29)30;/h3-12,15,18-19,27-28H,13-14H2,1-2H3,(H,29,30);/q;+2/b12-11+;/t18-,19-;/m1./s1. The second kappa shape index (κ2) is 11.4. The Morgan fingerprint density at radius 2 is 1.74 bits per heavy atom. The van der Waals surface area contributed by atoms with Crippen LogP contribution in [-0.4, -0.2) is 83.5 Å². The number of carboxylic acids is 1. The first kappa shape index (κ1) is 25.8. The largest absolute Gasteiger partial charge is 2.00 e. The molecule has 1 heterocycles. The molecular formula is C24H26FNO4Sr+2. The second-order valence-electron chi connectivity index (χ2n) is 7.66. The monoisotopic (exact) mass is 499 g/mol. The minimum absolute atomic E-state index is 0. The van der Waals surface area contributed by atoms with Gasteiger partial charge in [-0.2, -0.15) is 0 Å². The number of carbonyl (C=O) groups is 1. The van der Waals surface area contributed by atoms with E-state index in [1.54, 1.807) is 24.3 Å². The topological polar surface area (TPSA) is 82.7 Å². The van der Waals surface area contributed by atoms with Crippen molar-refractivity contribution >= 4 is 68.4 Å². The summed E-state index contributed by atoms with van der Waals surface area (Å²) in [6, 6.07) is 14.4. The molecule has 158 valence electrons. The molecule has 0 aliphatic heterocycles. The van der Waals surface area contributed by atoms with Crippen LogP contribution in [0.2, 0.25) is 0 Å². The molecule has 0 saturated carbocycles. The van der Waals surface area contributed by atoms with Gasteiger partial charge in [0.15, 0.2) is 0 Å². The van der Waals surface area contributed by atoms with E-state index in [-0.39, 0.29) is 63.8 Å². The Morgan fingerprint density at radius 1 is 1.10 bits per heavy atom. The van der Waals surface area contributed by atoms with Gasteiger partial charge in [-0.25, -0.2) is 4.39 Å². The Labute approximate surface area is 218 Å². The van der Waals surface area contributed by atoms with E-state index in [1.165, 1.54) is 12.1 Å². The van der Waals surface area contributed by atoms with E-state index in [1.807, 2.05) is 24.3 Å². The fourth-order valence-corrected chi connectivity index (χ4v) is 3.77. The van der Waals surface area contributed by atoms with Crippen molar-refractivity contribution in [2.45, 2.75) is 44.9 Å². The third-order valence-corrected chi connectivity index (χ3v) is 5.00. The Morgan fingerprint density at radius 3 is 2.35 bits per heavy atom. The first-order valence-corrected chi connectivity index (χ1v) is 9.93. The van der Waals surface area contributed by atoms with Crippen LogP contribution in [0.3, 0.4) is 0 Å². The molecule has 0 amide bonds. The molecule has 0 spiro atoms. The van der Waals surface area contributed by atoms with E-state index < -0.39 is 24.6 Å². The molecule has 0 aliphatic carbocycles. The normalized spacial score (nSPS) is 13.5. The van der Waals surface area contributed by atoms with Gasteiger partial charge in [-0.1, -0.05) is 36.4 Å². The first-order valence-electron chi connectivity index (χ1n) is 9.93. The quantitative estimate of drug-likeness (QED) is 0.405. The van der Waals surface area contributed by atoms with Crippen LogP contribution in [-0.2, 0) is 4.79 Å². The minimum atomic E-state index is -1.13. The molecular weight excluding hydrogens is 473 g/mol. The molecule has 1 aromatic heterocycles. The molecule has 0 unspecified atom stereocenters. The number of halogens is 1. The summed E-state index contributed by atoms with van der Waals surface area (Å²) in [5, 5.41) is 29.9. The molecule has 2 atom stereocenters. The molecule has 0 fully saturated rings. The summed E-state index contributed by atoms with van der Waals surface area (Å²) in [7, 11) is 0. The number of hydrogen-bond donors (Lipinski definition) is 3. The molecule has 0 aliphatic rings. The van der Waals surface area contributed by atoms with Crippen LogP contribution in [0.5, 0.6) is 0 Å². The Balaban J connectivity index is 0.00000341. The van der Waals surface area contributed by atoms with Gasteiger partial charge < -0.3 is 19.9 Å². The zero-order valence-electron chi connectivity index (χ0n) is 17.7. The molecule has 5 nitrogen and oxygen atoms in total. The number of aliphatic carboxylic acids is 1. The van der Waals surface area contributed by atoms with E-state index in [0.717, 1.165) is 27.7 Å². The molecule has 3 rings (SSSR count). The average molecular weight is 499 g/mol. The summed E-state index contributed by atoms with van der Waals surface area (Å²) >= 11 is 0. The minimum Gasteiger partial charge on any atom is -0.481 e. The van der Waals surface area contributed by atoms with Crippen LogP contribution in [0, 0.1) is 5.82 Å². The fourth-order valence-electron chi connectivity index (χ4n) is 3.77. The van der Waals surface area contributed by atoms with E-state index in [0.29, 0.717) is 0 Å². The number of nitrogens with zero attached hydrogens (tertiary/aromatic N) is 1. The Bertz CT molecular complexity index is 1060. The van der Waals surface area contributed by atoms with Crippen molar-refractivity contribution in [1.82, 2.24) is 4.57 Å². The van der Waals surface area contributed by atoms with Gasteiger partial charge in [0.25, 0.3) is 0 Å². The summed E-state index contributed by atoms with van der Waals surface area (Å²) in [6.07, 6.45) is 0.727. The number of rotatable bonds is 8. The summed E-state index contributed by atoms with van der Waals surface area (Å²) in [6.45, 7) is 4.12. The van der Waals surface area contributed by atoms with E-state index >= 15 is 0 Å². The number of hydrogen-bond acceptors (Lipinski definition) is 3. The summed E-state index contributed by atoms with van der Waals surface area (Å²) < 4.78 is 15.6. The Kier molecular flexibility index (Phi) is 9.48. The van der Waals surface area contributed by atoms with Gasteiger partial charge in [0.2, 0.25) is 0 Å². The SMILES string of the molecule is CC(C)n1c(/C=C/[C@@H](O)C[C@@H](O)CC(=O)O)c(-c2ccc(F)cc2)c2ccccc21.[Sr+2]. The van der Waals surface area contributed by atoms with Crippen molar-refractivity contribution in [1.29, 1.82) is 0 Å². The van der Waals surface area contributed by atoms with Gasteiger partial charge >= 0.3 is 51.5 Å². The van der Waals surface area contributed by atoms with Crippen molar-refractivity contribution in [3.05, 3.63) is 66.1 Å². The van der Waals surface area contributed by atoms with E-state index in [4.69, 9.17) is 5.11 Å². The maximum atomic E-state index is 13.5. The number of carboxylic acid groups (broad SMARTS) is 1. The van der Waals surface area contributed by atoms with Crippen molar-refractivity contribution < 1.29 is 24.5 Å². The van der Waals surface area contributed by atoms with Crippen molar-refractivity contribution in [2.24, 2.45) is 0 Å². The molecule has 7 heteroatoms. The molecule has 0 radical (unpaired) electrons. The summed E-state index contributed by atoms with van der Waals surface area (Å²) in [5.41, 5.74) is 3.65. The Hall–Kier alpha value is -1.48. The van der Waals surface area contributed by atoms with Crippen molar-refractivity contribution in [2.75, 3.05) is 0 Å². The van der Waals surface area contributed by atoms with Gasteiger partial charge in [0.1, 0.15) is 5.82 Å². The second-order valence-corrected chi connectivity index (χ2v) is 7.66. The number of aromatic nitrogens is 1. The zero-order chi connectivity index (χ0) is 21.8. The van der Waals surface area contributed by atoms with Gasteiger partial charge in [-0.15, -0.1) is 0 Å². The molecule has 0 bridgehead atoms. The first-order chi connectivity index (χ1) is 14.3. The zero-order valence-corrected chi connectivity index (χ0v) is 21.2. The van der Waals surface area contributed by atoms with Gasteiger partial charge in [-0.05, 0) is 43.7 Å². The van der Waals surface area contributed by atoms with Crippen LogP contribution in [0.4, 0.5) is 4.39 Å². The third kappa shape index (κ3) is 6.28. The average Bonchev–Trinajstić information content (AvgIpc) is 3.00. The molecule has 3 N–H and O–H groups in total. The van der Waals surface area contributed by atoms with Crippen LogP contribution >= 0.6 is 0 Å². The molecule has 2 aromatic carbocycles.